The van der Waals surface area contributed by atoms with E-state index in [2.05, 4.69) is 167 Å². The Morgan fingerprint density at radius 3 is 0.833 bits per heavy atom. The molecule has 0 aliphatic carbocycles. The molecule has 0 bridgehead atoms. The molecule has 0 aromatic heterocycles. The standard InChI is InChI=1S/C72H116O6/c1-4-7-10-13-16-19-22-25-26-27-28-29-30-31-32-33-34-35-36-37-38-39-40-41-42-43-44-45-46-48-50-53-56-59-62-65-71(74)77-68-69(67-76-70(73)64-61-58-55-52-49-24-21-18-15-12-9-6-3)78-72(75)66-63-60-57-54-51-47-23-20-17-14-11-8-5-2/h7,10-11,14,16,19-20,23,25-26,28-29,31-32,34-35,37-38,40-41,43-44,46,48,69H,4-6,8-9,12-13,15,17-18,21-22,24,27,30,33,36,39,42,45,47,49-68H2,1-3H3/b10-7-,14-11-,19-16-,23-20-,26-25-,29-28-,32-31-,35-34-,38-37-,41-40-,44-43-,48-46-. The van der Waals surface area contributed by atoms with E-state index >= 15 is 0 Å². The number of carbonyl (C=O) groups is 3. The molecule has 0 aromatic rings. The molecule has 0 rings (SSSR count). The van der Waals surface area contributed by atoms with Crippen molar-refractivity contribution in [2.24, 2.45) is 0 Å². The highest BCUT2D eigenvalue weighted by atomic mass is 16.6. The summed E-state index contributed by atoms with van der Waals surface area (Å²) >= 11 is 0. The lowest BCUT2D eigenvalue weighted by Crippen LogP contribution is -2.30. The van der Waals surface area contributed by atoms with Gasteiger partial charge in [0.15, 0.2) is 6.10 Å². The van der Waals surface area contributed by atoms with Gasteiger partial charge in [0.2, 0.25) is 0 Å². The molecule has 6 heteroatoms. The zero-order valence-electron chi connectivity index (χ0n) is 50.4. The maximum Gasteiger partial charge on any atom is 0.306 e. The van der Waals surface area contributed by atoms with E-state index in [-0.39, 0.29) is 31.1 Å². The molecule has 0 amide bonds. The first-order valence-electron chi connectivity index (χ1n) is 31.8. The molecule has 1 unspecified atom stereocenters. The monoisotopic (exact) mass is 1080 g/mol. The third-order valence-electron chi connectivity index (χ3n) is 13.1. The molecule has 0 heterocycles. The number of esters is 3. The Bertz CT molecular complexity index is 1710. The summed E-state index contributed by atoms with van der Waals surface area (Å²) in [6.07, 6.45) is 92.9. The molecule has 0 saturated heterocycles. The molecule has 1 atom stereocenters. The first-order chi connectivity index (χ1) is 38.5. The van der Waals surface area contributed by atoms with Gasteiger partial charge in [-0.3, -0.25) is 14.4 Å². The van der Waals surface area contributed by atoms with Gasteiger partial charge in [0, 0.05) is 19.3 Å². The molecule has 0 aliphatic heterocycles. The average Bonchev–Trinajstić information content (AvgIpc) is 3.44. The van der Waals surface area contributed by atoms with Crippen LogP contribution in [0.4, 0.5) is 0 Å². The zero-order valence-corrected chi connectivity index (χ0v) is 50.4. The molecule has 0 radical (unpaired) electrons. The van der Waals surface area contributed by atoms with Gasteiger partial charge in [-0.15, -0.1) is 0 Å². The molecular formula is C72H116O6. The van der Waals surface area contributed by atoms with Gasteiger partial charge in [-0.2, -0.15) is 0 Å². The number of allylic oxidation sites excluding steroid dienone is 24. The van der Waals surface area contributed by atoms with Crippen molar-refractivity contribution in [2.75, 3.05) is 13.2 Å². The van der Waals surface area contributed by atoms with Crippen LogP contribution in [0.25, 0.3) is 0 Å². The normalized spacial score (nSPS) is 13.1. The van der Waals surface area contributed by atoms with Crippen LogP contribution in [0.15, 0.2) is 146 Å². The van der Waals surface area contributed by atoms with E-state index in [0.717, 1.165) is 167 Å². The summed E-state index contributed by atoms with van der Waals surface area (Å²) in [5.74, 6) is -0.936. The Morgan fingerprint density at radius 1 is 0.269 bits per heavy atom. The summed E-state index contributed by atoms with van der Waals surface area (Å²) in [5, 5.41) is 0. The number of hydrogen-bond donors (Lipinski definition) is 0. The topological polar surface area (TPSA) is 78.9 Å². The summed E-state index contributed by atoms with van der Waals surface area (Å²) in [7, 11) is 0. The fourth-order valence-corrected chi connectivity index (χ4v) is 8.33. The van der Waals surface area contributed by atoms with Gasteiger partial charge in [0.05, 0.1) is 0 Å². The van der Waals surface area contributed by atoms with Gasteiger partial charge in [0.1, 0.15) is 13.2 Å². The van der Waals surface area contributed by atoms with Crippen molar-refractivity contribution in [1.29, 1.82) is 0 Å². The highest BCUT2D eigenvalue weighted by Crippen LogP contribution is 2.15. The zero-order chi connectivity index (χ0) is 56.4. The number of unbranched alkanes of at least 4 members (excludes halogenated alkanes) is 21. The van der Waals surface area contributed by atoms with Gasteiger partial charge < -0.3 is 14.2 Å². The largest absolute Gasteiger partial charge is 0.462 e. The summed E-state index contributed by atoms with van der Waals surface area (Å²) in [5.41, 5.74) is 0. The lowest BCUT2D eigenvalue weighted by atomic mass is 10.0. The van der Waals surface area contributed by atoms with Crippen LogP contribution in [0.3, 0.4) is 0 Å². The molecule has 0 aliphatic rings. The van der Waals surface area contributed by atoms with Crippen LogP contribution in [-0.4, -0.2) is 37.2 Å². The maximum atomic E-state index is 12.8. The Morgan fingerprint density at radius 2 is 0.526 bits per heavy atom. The quantitative estimate of drug-likeness (QED) is 0.0261. The van der Waals surface area contributed by atoms with Crippen molar-refractivity contribution < 1.29 is 28.6 Å². The van der Waals surface area contributed by atoms with E-state index in [1.807, 2.05) is 0 Å². The third-order valence-corrected chi connectivity index (χ3v) is 13.1. The van der Waals surface area contributed by atoms with E-state index < -0.39 is 6.10 Å². The second-order valence-electron chi connectivity index (χ2n) is 20.6. The first-order valence-corrected chi connectivity index (χ1v) is 31.8. The van der Waals surface area contributed by atoms with Crippen LogP contribution in [-0.2, 0) is 28.6 Å². The number of hydrogen-bond acceptors (Lipinski definition) is 6. The van der Waals surface area contributed by atoms with Gasteiger partial charge in [-0.1, -0.05) is 276 Å². The van der Waals surface area contributed by atoms with Crippen LogP contribution in [0.2, 0.25) is 0 Å². The average molecular weight is 1080 g/mol. The minimum absolute atomic E-state index is 0.0937. The summed E-state index contributed by atoms with van der Waals surface area (Å²) in [4.78, 5) is 38.2. The number of carbonyl (C=O) groups excluding carboxylic acids is 3. The van der Waals surface area contributed by atoms with Gasteiger partial charge in [-0.25, -0.2) is 0 Å². The van der Waals surface area contributed by atoms with E-state index in [0.29, 0.717) is 19.3 Å². The Kier molecular flexibility index (Phi) is 60.9. The van der Waals surface area contributed by atoms with Crippen LogP contribution >= 0.6 is 0 Å². The molecule has 0 saturated carbocycles. The van der Waals surface area contributed by atoms with Crippen molar-refractivity contribution in [3.63, 3.8) is 0 Å². The molecule has 6 nitrogen and oxygen atoms in total. The number of rotatable bonds is 56. The van der Waals surface area contributed by atoms with Gasteiger partial charge >= 0.3 is 17.9 Å². The predicted molar refractivity (Wildman–Crippen MR) is 339 cm³/mol. The number of ether oxygens (including phenoxy) is 3. The third kappa shape index (κ3) is 62.1. The Balaban J connectivity index is 4.29. The van der Waals surface area contributed by atoms with Crippen molar-refractivity contribution in [2.45, 2.75) is 277 Å². The lowest BCUT2D eigenvalue weighted by Gasteiger charge is -2.18. The van der Waals surface area contributed by atoms with E-state index in [1.54, 1.807) is 0 Å². The maximum absolute atomic E-state index is 12.8. The Labute approximate surface area is 480 Å². The van der Waals surface area contributed by atoms with Gasteiger partial charge in [-0.05, 0) is 122 Å². The van der Waals surface area contributed by atoms with Gasteiger partial charge in [0.25, 0.3) is 0 Å². The van der Waals surface area contributed by atoms with Crippen LogP contribution in [0.1, 0.15) is 271 Å². The minimum Gasteiger partial charge on any atom is -0.462 e. The summed E-state index contributed by atoms with van der Waals surface area (Å²) in [6.45, 7) is 6.42. The molecule has 440 valence electrons. The minimum atomic E-state index is -0.799. The highest BCUT2D eigenvalue weighted by molar-refractivity contribution is 5.71. The van der Waals surface area contributed by atoms with Crippen molar-refractivity contribution in [1.82, 2.24) is 0 Å². The summed E-state index contributed by atoms with van der Waals surface area (Å²) in [6, 6.07) is 0. The predicted octanol–water partition coefficient (Wildman–Crippen LogP) is 21.9. The van der Waals surface area contributed by atoms with Crippen LogP contribution in [0, 0.1) is 0 Å². The molecule has 0 spiro atoms. The first kappa shape index (κ1) is 73.3. The fraction of sp³-hybridized carbons (Fsp3) is 0.625. The molecular weight excluding hydrogens is 961 g/mol. The smallest absolute Gasteiger partial charge is 0.306 e. The second-order valence-corrected chi connectivity index (χ2v) is 20.6. The van der Waals surface area contributed by atoms with Crippen molar-refractivity contribution in [3.8, 4) is 0 Å². The van der Waals surface area contributed by atoms with E-state index in [4.69, 9.17) is 14.2 Å². The fourth-order valence-electron chi connectivity index (χ4n) is 8.33. The van der Waals surface area contributed by atoms with E-state index in [9.17, 15) is 14.4 Å². The van der Waals surface area contributed by atoms with E-state index in [1.165, 1.54) is 64.2 Å². The van der Waals surface area contributed by atoms with Crippen LogP contribution < -0.4 is 0 Å². The molecule has 0 N–H and O–H groups in total. The van der Waals surface area contributed by atoms with Crippen LogP contribution in [0.5, 0.6) is 0 Å². The lowest BCUT2D eigenvalue weighted by molar-refractivity contribution is -0.167. The highest BCUT2D eigenvalue weighted by Gasteiger charge is 2.19. The Hall–Kier alpha value is -4.71. The summed E-state index contributed by atoms with van der Waals surface area (Å²) < 4.78 is 16.8. The van der Waals surface area contributed by atoms with Crippen molar-refractivity contribution >= 4 is 17.9 Å². The molecule has 78 heavy (non-hydrogen) atoms. The van der Waals surface area contributed by atoms with Crippen molar-refractivity contribution in [3.05, 3.63) is 146 Å². The second kappa shape index (κ2) is 64.8. The molecule has 0 aromatic carbocycles. The SMILES string of the molecule is CC/C=C\C/C=C\C/C=C\C/C=C\C/C=C\C/C=C\C/C=C\C/C=C\C/C=C\C/C=C\CCCCCCC(=O)OCC(COC(=O)CCCCCCCCCCCCCC)OC(=O)CCCCCCC/C=C\C/C=C\CCC. The molecule has 0 fully saturated rings.